The molecule has 0 amide bonds. The molecule has 0 fully saturated rings. The van der Waals surface area contributed by atoms with Crippen molar-refractivity contribution in [2.24, 2.45) is 0 Å². The van der Waals surface area contributed by atoms with Crippen molar-refractivity contribution >= 4 is 10.8 Å². The summed E-state index contributed by atoms with van der Waals surface area (Å²) in [6, 6.07) is 12.7. The van der Waals surface area contributed by atoms with Gasteiger partial charge in [-0.25, -0.2) is 0 Å². The molecule has 0 aromatic heterocycles. The van der Waals surface area contributed by atoms with Gasteiger partial charge >= 0.3 is 0 Å². The molecule has 3 nitrogen and oxygen atoms in total. The Balaban J connectivity index is 2.08. The lowest BCUT2D eigenvalue weighted by Gasteiger charge is -2.18. The van der Waals surface area contributed by atoms with Crippen molar-refractivity contribution in [2.45, 2.75) is 31.9 Å². The first-order valence-corrected chi connectivity index (χ1v) is 6.82. The standard InChI is InChI=1S/C16H19NO2/c1-3-6-14-15(17-18-2)13-10-9-11-7-4-5-8-12(11)16(13)19-14/h4-5,7-10,14-15,17H,3,6H2,1-2H3. The van der Waals surface area contributed by atoms with Crippen molar-refractivity contribution in [3.63, 3.8) is 0 Å². The summed E-state index contributed by atoms with van der Waals surface area (Å²) in [4.78, 5) is 5.14. The Hall–Kier alpha value is -1.58. The van der Waals surface area contributed by atoms with Crippen LogP contribution in [0.3, 0.4) is 0 Å². The van der Waals surface area contributed by atoms with Crippen molar-refractivity contribution in [3.05, 3.63) is 42.0 Å². The molecule has 2 atom stereocenters. The van der Waals surface area contributed by atoms with E-state index in [9.17, 15) is 0 Å². The number of nitrogens with one attached hydrogen (secondary N) is 1. The zero-order valence-electron chi connectivity index (χ0n) is 11.3. The van der Waals surface area contributed by atoms with Crippen molar-refractivity contribution in [3.8, 4) is 5.75 Å². The second kappa shape index (κ2) is 5.19. The van der Waals surface area contributed by atoms with E-state index in [1.807, 2.05) is 0 Å². The van der Waals surface area contributed by atoms with E-state index >= 15 is 0 Å². The van der Waals surface area contributed by atoms with Crippen molar-refractivity contribution in [1.82, 2.24) is 5.48 Å². The van der Waals surface area contributed by atoms with Gasteiger partial charge in [0.1, 0.15) is 11.9 Å². The monoisotopic (exact) mass is 257 g/mol. The minimum absolute atomic E-state index is 0.115. The quantitative estimate of drug-likeness (QED) is 0.849. The second-order valence-corrected chi connectivity index (χ2v) is 4.95. The summed E-state index contributed by atoms with van der Waals surface area (Å²) in [5, 5.41) is 2.40. The number of hydroxylamine groups is 1. The Kier molecular flexibility index (Phi) is 3.40. The molecule has 2 aromatic rings. The predicted octanol–water partition coefficient (Wildman–Crippen LogP) is 3.59. The summed E-state index contributed by atoms with van der Waals surface area (Å²) in [5.74, 6) is 1.01. The van der Waals surface area contributed by atoms with Crippen molar-refractivity contribution < 1.29 is 9.57 Å². The lowest BCUT2D eigenvalue weighted by atomic mass is 9.98. The average molecular weight is 257 g/mol. The van der Waals surface area contributed by atoms with Crippen LogP contribution in [0.1, 0.15) is 31.4 Å². The van der Waals surface area contributed by atoms with Crippen LogP contribution in [0.15, 0.2) is 36.4 Å². The lowest BCUT2D eigenvalue weighted by molar-refractivity contribution is 0.0271. The molecule has 100 valence electrons. The molecule has 1 aliphatic rings. The highest BCUT2D eigenvalue weighted by atomic mass is 16.6. The molecule has 0 spiro atoms. The van der Waals surface area contributed by atoms with Gasteiger partial charge in [-0.1, -0.05) is 49.7 Å². The van der Waals surface area contributed by atoms with Crippen LogP contribution in [0.4, 0.5) is 0 Å². The molecule has 1 N–H and O–H groups in total. The number of rotatable bonds is 4. The Morgan fingerprint density at radius 2 is 2.05 bits per heavy atom. The van der Waals surface area contributed by atoms with E-state index in [4.69, 9.17) is 9.57 Å². The summed E-state index contributed by atoms with van der Waals surface area (Å²) in [6.07, 6.45) is 2.26. The van der Waals surface area contributed by atoms with Gasteiger partial charge in [0.15, 0.2) is 0 Å². The summed E-state index contributed by atoms with van der Waals surface area (Å²) in [5.41, 5.74) is 4.27. The van der Waals surface area contributed by atoms with Gasteiger partial charge in [-0.05, 0) is 11.8 Å². The van der Waals surface area contributed by atoms with Gasteiger partial charge in [-0.2, -0.15) is 5.48 Å². The van der Waals surface area contributed by atoms with Gasteiger partial charge in [0.25, 0.3) is 0 Å². The van der Waals surface area contributed by atoms with E-state index in [-0.39, 0.29) is 12.1 Å². The third-order valence-electron chi connectivity index (χ3n) is 3.70. The van der Waals surface area contributed by atoms with Crippen LogP contribution in [0.25, 0.3) is 10.8 Å². The number of benzene rings is 2. The highest BCUT2D eigenvalue weighted by molar-refractivity contribution is 5.90. The van der Waals surface area contributed by atoms with E-state index < -0.39 is 0 Å². The zero-order valence-corrected chi connectivity index (χ0v) is 11.3. The smallest absolute Gasteiger partial charge is 0.132 e. The molecule has 0 saturated heterocycles. The van der Waals surface area contributed by atoms with Gasteiger partial charge in [-0.15, -0.1) is 0 Å². The van der Waals surface area contributed by atoms with E-state index in [1.165, 1.54) is 16.3 Å². The molecule has 3 heteroatoms. The maximum Gasteiger partial charge on any atom is 0.132 e. The molecule has 1 aliphatic heterocycles. The molecule has 0 bridgehead atoms. The fraction of sp³-hybridized carbons (Fsp3) is 0.375. The molecule has 1 heterocycles. The molecule has 3 rings (SSSR count). The largest absolute Gasteiger partial charge is 0.487 e. The third kappa shape index (κ3) is 2.09. The third-order valence-corrected chi connectivity index (χ3v) is 3.70. The van der Waals surface area contributed by atoms with E-state index in [2.05, 4.69) is 48.8 Å². The molecule has 2 unspecified atom stereocenters. The first-order valence-electron chi connectivity index (χ1n) is 6.82. The fourth-order valence-corrected chi connectivity index (χ4v) is 2.83. The second-order valence-electron chi connectivity index (χ2n) is 4.95. The van der Waals surface area contributed by atoms with Crippen LogP contribution in [-0.2, 0) is 4.84 Å². The maximum atomic E-state index is 6.18. The Morgan fingerprint density at radius 3 is 2.84 bits per heavy atom. The summed E-state index contributed by atoms with van der Waals surface area (Å²) in [6.45, 7) is 2.17. The minimum Gasteiger partial charge on any atom is -0.487 e. The minimum atomic E-state index is 0.115. The molecule has 19 heavy (non-hydrogen) atoms. The van der Waals surface area contributed by atoms with E-state index in [0.717, 1.165) is 18.6 Å². The van der Waals surface area contributed by atoms with Crippen LogP contribution in [0.5, 0.6) is 5.75 Å². The van der Waals surface area contributed by atoms with Crippen molar-refractivity contribution in [1.29, 1.82) is 0 Å². The fourth-order valence-electron chi connectivity index (χ4n) is 2.83. The topological polar surface area (TPSA) is 30.5 Å². The number of ether oxygens (including phenoxy) is 1. The van der Waals surface area contributed by atoms with Crippen molar-refractivity contribution in [2.75, 3.05) is 7.11 Å². The number of hydrogen-bond acceptors (Lipinski definition) is 3. The predicted molar refractivity (Wildman–Crippen MR) is 76.2 cm³/mol. The van der Waals surface area contributed by atoms with Gasteiger partial charge in [0.05, 0.1) is 13.2 Å². The Labute approximate surface area is 113 Å². The average Bonchev–Trinajstić information content (AvgIpc) is 2.78. The van der Waals surface area contributed by atoms with Crippen LogP contribution in [0, 0.1) is 0 Å². The SMILES string of the molecule is CCCC1Oc2c(ccc3ccccc23)C1NOC. The van der Waals surface area contributed by atoms with Gasteiger partial charge < -0.3 is 9.57 Å². The molecule has 0 aliphatic carbocycles. The van der Waals surface area contributed by atoms with Crippen LogP contribution < -0.4 is 10.2 Å². The summed E-state index contributed by atoms with van der Waals surface area (Å²) in [7, 11) is 1.65. The van der Waals surface area contributed by atoms with Crippen LogP contribution in [-0.4, -0.2) is 13.2 Å². The lowest BCUT2D eigenvalue weighted by Crippen LogP contribution is -2.30. The molecule has 2 aromatic carbocycles. The molecular formula is C16H19NO2. The summed E-state index contributed by atoms with van der Waals surface area (Å²) < 4.78 is 6.18. The highest BCUT2D eigenvalue weighted by Crippen LogP contribution is 2.42. The maximum absolute atomic E-state index is 6.18. The molecular weight excluding hydrogens is 238 g/mol. The van der Waals surface area contributed by atoms with Crippen LogP contribution in [0.2, 0.25) is 0 Å². The van der Waals surface area contributed by atoms with E-state index in [1.54, 1.807) is 7.11 Å². The van der Waals surface area contributed by atoms with Gasteiger partial charge in [0, 0.05) is 10.9 Å². The Morgan fingerprint density at radius 1 is 1.21 bits per heavy atom. The van der Waals surface area contributed by atoms with Crippen LogP contribution >= 0.6 is 0 Å². The Bertz CT molecular complexity index is 582. The first kappa shape index (κ1) is 12.5. The van der Waals surface area contributed by atoms with Gasteiger partial charge in [0.2, 0.25) is 0 Å². The molecule has 0 radical (unpaired) electrons. The first-order chi connectivity index (χ1) is 9.35. The summed E-state index contributed by atoms with van der Waals surface area (Å²) >= 11 is 0. The normalized spacial score (nSPS) is 21.4. The van der Waals surface area contributed by atoms with Gasteiger partial charge in [-0.3, -0.25) is 0 Å². The zero-order chi connectivity index (χ0) is 13.2. The number of hydrogen-bond donors (Lipinski definition) is 1. The molecule has 0 saturated carbocycles. The highest BCUT2D eigenvalue weighted by Gasteiger charge is 2.34. The van der Waals surface area contributed by atoms with E-state index in [0.29, 0.717) is 0 Å². The number of fused-ring (bicyclic) bond motifs is 3.